The van der Waals surface area contributed by atoms with Crippen molar-refractivity contribution in [1.82, 2.24) is 5.14 Å². The molecule has 6 heteroatoms. The Morgan fingerprint density at radius 1 is 0.583 bits per heavy atom. The molecular weight excluding hydrogens is 291 g/mol. The lowest BCUT2D eigenvalue weighted by atomic mass is 9.54. The van der Waals surface area contributed by atoms with Gasteiger partial charge in [0.2, 0.25) is 0 Å². The van der Waals surface area contributed by atoms with Crippen molar-refractivity contribution in [2.75, 3.05) is 9.44 Å². The molecule has 1 N–H and O–H groups in total. The number of hydrogen-bond donors (Lipinski definition) is 1. The smallest absolute Gasteiger partial charge is 0.387 e. The van der Waals surface area contributed by atoms with E-state index in [0.29, 0.717) is 0 Å². The van der Waals surface area contributed by atoms with Gasteiger partial charge in [-0.2, -0.15) is 0 Å². The molecule has 0 saturated carbocycles. The molecule has 1 aliphatic rings. The molecule has 3 aromatic rings. The van der Waals surface area contributed by atoms with Gasteiger partial charge < -0.3 is 14.6 Å². The molecule has 4 rings (SSSR count). The highest BCUT2D eigenvalue weighted by atomic mass is 15.2. The van der Waals surface area contributed by atoms with Crippen molar-refractivity contribution in [2.24, 2.45) is 0 Å². The second kappa shape index (κ2) is 6.89. The molecule has 24 heavy (non-hydrogen) atoms. The Balaban J connectivity index is 1.79. The first kappa shape index (κ1) is 15.0. The third-order valence-corrected chi connectivity index (χ3v) is 4.43. The van der Waals surface area contributed by atoms with E-state index in [1.54, 1.807) is 0 Å². The number of anilines is 2. The highest BCUT2D eigenvalue weighted by Crippen LogP contribution is 2.21. The fourth-order valence-electron chi connectivity index (χ4n) is 3.32. The number of rotatable bonds is 3. The molecule has 1 fully saturated rings. The number of hydrogen-bond acceptors (Lipinski definition) is 3. The summed E-state index contributed by atoms with van der Waals surface area (Å²) >= 11 is 0. The number of benzene rings is 3. The topological polar surface area (TPSA) is 18.5 Å². The summed E-state index contributed by atoms with van der Waals surface area (Å²) in [7, 11) is 1.65. The number of para-hydroxylation sites is 2. The number of nitrogens with zero attached hydrogens (tertiary/aromatic N) is 2. The zero-order valence-electron chi connectivity index (χ0n) is 13.5. The van der Waals surface area contributed by atoms with Gasteiger partial charge in [-0.1, -0.05) is 66.7 Å². The van der Waals surface area contributed by atoms with Crippen LogP contribution in [0.5, 0.6) is 0 Å². The monoisotopic (exact) mass is 309 g/mol. The van der Waals surface area contributed by atoms with Crippen LogP contribution < -0.4 is 20.0 Å². The van der Waals surface area contributed by atoms with E-state index in [9.17, 15) is 0 Å². The molecule has 3 aromatic carbocycles. The van der Waals surface area contributed by atoms with Gasteiger partial charge in [0.05, 0.1) is 0 Å². The van der Waals surface area contributed by atoms with Crippen LogP contribution in [0.15, 0.2) is 91.0 Å². The first-order valence-corrected chi connectivity index (χ1v) is 8.32. The van der Waals surface area contributed by atoms with Crippen molar-refractivity contribution >= 4 is 38.9 Å². The van der Waals surface area contributed by atoms with E-state index in [1.165, 1.54) is 16.8 Å². The van der Waals surface area contributed by atoms with Crippen molar-refractivity contribution in [2.45, 2.75) is 0 Å². The molecule has 0 aromatic heterocycles. The van der Waals surface area contributed by atoms with Gasteiger partial charge in [-0.25, -0.2) is 0 Å². The first-order chi connectivity index (χ1) is 11.9. The quantitative estimate of drug-likeness (QED) is 0.740. The molecule has 0 atom stereocenters. The van der Waals surface area contributed by atoms with Gasteiger partial charge in [-0.3, -0.25) is 0 Å². The molecule has 1 aliphatic heterocycles. The Labute approximate surface area is 145 Å². The number of nitrogens with one attached hydrogen (secondary N) is 1. The molecular formula is C18H18B3N3. The van der Waals surface area contributed by atoms with Crippen LogP contribution in [0.4, 0.5) is 11.4 Å². The maximum absolute atomic E-state index is 3.53. The van der Waals surface area contributed by atoms with Crippen LogP contribution in [-0.4, -0.2) is 22.1 Å². The Hall–Kier alpha value is -2.59. The van der Waals surface area contributed by atoms with E-state index in [1.807, 2.05) is 0 Å². The van der Waals surface area contributed by atoms with Gasteiger partial charge >= 0.3 is 6.98 Å². The third-order valence-electron chi connectivity index (χ3n) is 4.43. The highest BCUT2D eigenvalue weighted by Gasteiger charge is 2.37. The van der Waals surface area contributed by atoms with Crippen molar-refractivity contribution < 1.29 is 0 Å². The second-order valence-corrected chi connectivity index (χ2v) is 5.96. The zero-order chi connectivity index (χ0) is 16.2. The second-order valence-electron chi connectivity index (χ2n) is 5.96. The average Bonchev–Trinajstić information content (AvgIpc) is 2.69. The van der Waals surface area contributed by atoms with Gasteiger partial charge in [0.1, 0.15) is 0 Å². The molecule has 0 bridgehead atoms. The van der Waals surface area contributed by atoms with E-state index < -0.39 is 0 Å². The minimum atomic E-state index is 0.164. The highest BCUT2D eigenvalue weighted by molar-refractivity contribution is 6.96. The van der Waals surface area contributed by atoms with Crippen LogP contribution in [0.3, 0.4) is 0 Å². The summed E-state index contributed by atoms with van der Waals surface area (Å²) in [6, 6.07) is 31.9. The van der Waals surface area contributed by atoms with Gasteiger partial charge in [0, 0.05) is 11.4 Å². The van der Waals surface area contributed by atoms with E-state index in [-0.39, 0.29) is 6.98 Å². The van der Waals surface area contributed by atoms with Crippen molar-refractivity contribution in [3.05, 3.63) is 91.0 Å². The van der Waals surface area contributed by atoms with E-state index >= 15 is 0 Å². The lowest BCUT2D eigenvalue weighted by Crippen LogP contribution is -2.72. The van der Waals surface area contributed by atoms with Crippen LogP contribution in [0, 0.1) is 0 Å². The molecule has 0 amide bonds. The maximum atomic E-state index is 3.53. The van der Waals surface area contributed by atoms with Gasteiger partial charge in [-0.05, 0) is 29.7 Å². The van der Waals surface area contributed by atoms with E-state index in [2.05, 4.69) is 106 Å². The van der Waals surface area contributed by atoms with Crippen LogP contribution >= 0.6 is 0 Å². The summed E-state index contributed by atoms with van der Waals surface area (Å²) in [4.78, 5) is 0. The normalized spacial score (nSPS) is 14.1. The Kier molecular flexibility index (Phi) is 4.30. The Morgan fingerprint density at radius 2 is 1.00 bits per heavy atom. The van der Waals surface area contributed by atoms with Crippen molar-refractivity contribution in [3.8, 4) is 0 Å². The van der Waals surface area contributed by atoms with Gasteiger partial charge in [0.15, 0.2) is 0 Å². The van der Waals surface area contributed by atoms with Crippen LogP contribution in [-0.2, 0) is 0 Å². The Morgan fingerprint density at radius 3 is 1.46 bits per heavy atom. The molecule has 114 valence electrons. The summed E-state index contributed by atoms with van der Waals surface area (Å²) < 4.78 is 4.82. The molecule has 0 aliphatic carbocycles. The largest absolute Gasteiger partial charge is 0.429 e. The van der Waals surface area contributed by atoms with Crippen molar-refractivity contribution in [1.29, 1.82) is 0 Å². The maximum Gasteiger partial charge on any atom is 0.387 e. The molecule has 1 heterocycles. The zero-order valence-corrected chi connectivity index (χ0v) is 13.5. The predicted octanol–water partition coefficient (Wildman–Crippen LogP) is 1.53. The summed E-state index contributed by atoms with van der Waals surface area (Å²) in [6.07, 6.45) is 0. The van der Waals surface area contributed by atoms with E-state index in [4.69, 9.17) is 0 Å². The minimum Gasteiger partial charge on any atom is -0.429 e. The predicted molar refractivity (Wildman–Crippen MR) is 107 cm³/mol. The molecule has 0 unspecified atom stereocenters. The van der Waals surface area contributed by atoms with Crippen LogP contribution in [0.25, 0.3) is 0 Å². The molecule has 0 radical (unpaired) electrons. The molecule has 3 nitrogen and oxygen atoms in total. The fraction of sp³-hybridized carbons (Fsp3) is 0. The lowest BCUT2D eigenvalue weighted by molar-refractivity contribution is 1.31. The third kappa shape index (κ3) is 2.93. The lowest BCUT2D eigenvalue weighted by Gasteiger charge is -2.44. The average molecular weight is 309 g/mol. The van der Waals surface area contributed by atoms with Gasteiger partial charge in [0.25, 0.3) is 15.1 Å². The first-order valence-electron chi connectivity index (χ1n) is 8.32. The summed E-state index contributed by atoms with van der Waals surface area (Å²) in [6.45, 7) is 0.164. The standard InChI is InChI=1S/C18H18B3N3/c1-4-10-16(11-5-1)21-23(17-12-6-2-7-13-17)19-22-20-24(21)18-14-8-3-9-15-18/h1-15,19-20,22H. The summed E-state index contributed by atoms with van der Waals surface area (Å²) in [5.74, 6) is 0. The van der Waals surface area contributed by atoms with Crippen molar-refractivity contribution in [3.63, 3.8) is 0 Å². The Bertz CT molecular complexity index is 724. The van der Waals surface area contributed by atoms with E-state index in [0.717, 1.165) is 15.1 Å². The van der Waals surface area contributed by atoms with Crippen LogP contribution in [0.1, 0.15) is 0 Å². The summed E-state index contributed by atoms with van der Waals surface area (Å²) in [5, 5.41) is 3.53. The molecule has 0 spiro atoms. The molecule has 1 saturated heterocycles. The minimum absolute atomic E-state index is 0.164. The van der Waals surface area contributed by atoms with Crippen LogP contribution in [0.2, 0.25) is 0 Å². The fourth-order valence-corrected chi connectivity index (χ4v) is 3.32. The SMILES string of the molecule is B1NBN(c2ccccc2)B(c2ccccc2)N1c1ccccc1. The van der Waals surface area contributed by atoms with Gasteiger partial charge in [-0.15, -0.1) is 0 Å². The summed E-state index contributed by atoms with van der Waals surface area (Å²) in [5.41, 5.74) is 3.74.